The van der Waals surface area contributed by atoms with Gasteiger partial charge in [-0.25, -0.2) is 4.99 Å². The van der Waals surface area contributed by atoms with Crippen molar-refractivity contribution >= 4 is 41.5 Å². The molecule has 3 rings (SSSR count). The third-order valence-electron chi connectivity index (χ3n) is 4.82. The summed E-state index contributed by atoms with van der Waals surface area (Å²) < 4.78 is 11.2. The van der Waals surface area contributed by atoms with Crippen LogP contribution >= 0.6 is 24.0 Å². The van der Waals surface area contributed by atoms with Crippen molar-refractivity contribution in [3.8, 4) is 11.5 Å². The van der Waals surface area contributed by atoms with Crippen LogP contribution < -0.4 is 20.5 Å². The summed E-state index contributed by atoms with van der Waals surface area (Å²) in [5, 5.41) is 3.11. The van der Waals surface area contributed by atoms with Crippen molar-refractivity contribution in [1.82, 2.24) is 4.90 Å². The number of guanidine groups is 1. The highest BCUT2D eigenvalue weighted by Crippen LogP contribution is 2.29. The Kier molecular flexibility index (Phi) is 9.90. The molecule has 8 heteroatoms. The highest BCUT2D eigenvalue weighted by atomic mass is 127. The van der Waals surface area contributed by atoms with E-state index in [0.717, 1.165) is 35.5 Å². The number of benzene rings is 2. The molecule has 2 aromatic carbocycles. The number of nitrogens with zero attached hydrogens (tertiary/aromatic N) is 2. The van der Waals surface area contributed by atoms with E-state index in [0.29, 0.717) is 44.4 Å². The summed E-state index contributed by atoms with van der Waals surface area (Å²) in [5.74, 6) is 1.97. The van der Waals surface area contributed by atoms with E-state index in [2.05, 4.69) is 10.3 Å². The molecule has 0 bridgehead atoms. The zero-order valence-corrected chi connectivity index (χ0v) is 20.4. The maximum Gasteiger partial charge on any atom is 0.222 e. The van der Waals surface area contributed by atoms with Gasteiger partial charge in [-0.15, -0.1) is 24.0 Å². The van der Waals surface area contributed by atoms with Crippen molar-refractivity contribution in [2.45, 2.75) is 39.8 Å². The third-order valence-corrected chi connectivity index (χ3v) is 4.82. The van der Waals surface area contributed by atoms with E-state index in [9.17, 15) is 4.79 Å². The summed E-state index contributed by atoms with van der Waals surface area (Å²) in [6.07, 6.45) is 1.62. The summed E-state index contributed by atoms with van der Waals surface area (Å²) in [6, 6.07) is 13.7. The average Bonchev–Trinajstić information content (AvgIpc) is 3.14. The normalized spacial score (nSPS) is 13.7. The van der Waals surface area contributed by atoms with Gasteiger partial charge < -0.3 is 25.4 Å². The van der Waals surface area contributed by atoms with E-state index < -0.39 is 0 Å². The van der Waals surface area contributed by atoms with Crippen molar-refractivity contribution < 1.29 is 14.3 Å². The lowest BCUT2D eigenvalue weighted by Crippen LogP contribution is -2.23. The molecule has 0 saturated carbocycles. The van der Waals surface area contributed by atoms with Gasteiger partial charge in [0, 0.05) is 25.6 Å². The van der Waals surface area contributed by atoms with E-state index in [1.807, 2.05) is 61.2 Å². The number of anilines is 1. The van der Waals surface area contributed by atoms with Crippen LogP contribution in [0.4, 0.5) is 5.69 Å². The third kappa shape index (κ3) is 7.30. The Labute approximate surface area is 201 Å². The molecule has 1 aliphatic heterocycles. The van der Waals surface area contributed by atoms with Gasteiger partial charge in [0.1, 0.15) is 11.5 Å². The molecule has 1 amide bonds. The fraction of sp³-hybridized carbons (Fsp3) is 0.391. The number of amides is 1. The van der Waals surface area contributed by atoms with Gasteiger partial charge in [0.25, 0.3) is 0 Å². The molecule has 168 valence electrons. The monoisotopic (exact) mass is 538 g/mol. The lowest BCUT2D eigenvalue weighted by Gasteiger charge is -2.15. The molecule has 0 aromatic heterocycles. The largest absolute Gasteiger partial charge is 0.494 e. The Bertz CT molecular complexity index is 887. The zero-order chi connectivity index (χ0) is 21.3. The maximum absolute atomic E-state index is 11.8. The second-order valence-electron chi connectivity index (χ2n) is 7.09. The maximum atomic E-state index is 11.8. The molecule has 0 aliphatic carbocycles. The summed E-state index contributed by atoms with van der Waals surface area (Å²) >= 11 is 0. The quantitative estimate of drug-likeness (QED) is 0.285. The van der Waals surface area contributed by atoms with Gasteiger partial charge in [-0.3, -0.25) is 4.79 Å². The first kappa shape index (κ1) is 24.8. The smallest absolute Gasteiger partial charge is 0.222 e. The summed E-state index contributed by atoms with van der Waals surface area (Å²) in [6.45, 7) is 6.98. The fourth-order valence-corrected chi connectivity index (χ4v) is 3.34. The highest BCUT2D eigenvalue weighted by Gasteiger charge is 2.19. The van der Waals surface area contributed by atoms with Gasteiger partial charge >= 0.3 is 0 Å². The summed E-state index contributed by atoms with van der Waals surface area (Å²) in [5.41, 5.74) is 8.98. The van der Waals surface area contributed by atoms with E-state index in [1.165, 1.54) is 0 Å². The molecule has 1 heterocycles. The number of likely N-dealkylation sites (tertiary alicyclic amines) is 1. The van der Waals surface area contributed by atoms with Crippen LogP contribution in [-0.4, -0.2) is 36.5 Å². The van der Waals surface area contributed by atoms with Crippen molar-refractivity contribution in [2.24, 2.45) is 10.7 Å². The van der Waals surface area contributed by atoms with E-state index in [4.69, 9.17) is 15.2 Å². The van der Waals surface area contributed by atoms with Crippen LogP contribution in [0.2, 0.25) is 0 Å². The number of hydrogen-bond donors (Lipinski definition) is 2. The first-order valence-corrected chi connectivity index (χ1v) is 10.4. The minimum atomic E-state index is 0. The predicted molar refractivity (Wildman–Crippen MR) is 134 cm³/mol. The van der Waals surface area contributed by atoms with Crippen LogP contribution in [0.25, 0.3) is 0 Å². The molecule has 1 aliphatic rings. The number of carbonyl (C=O) groups is 1. The first-order chi connectivity index (χ1) is 14.6. The molecule has 1 saturated heterocycles. The van der Waals surface area contributed by atoms with Gasteiger partial charge in [0.2, 0.25) is 5.91 Å². The highest BCUT2D eigenvalue weighted by molar-refractivity contribution is 14.0. The van der Waals surface area contributed by atoms with Gasteiger partial charge in [0.15, 0.2) is 5.96 Å². The second kappa shape index (κ2) is 12.4. The minimum Gasteiger partial charge on any atom is -0.494 e. The molecule has 0 spiro atoms. The van der Waals surface area contributed by atoms with Crippen LogP contribution in [0, 0.1) is 0 Å². The van der Waals surface area contributed by atoms with Crippen LogP contribution in [0.5, 0.6) is 11.5 Å². The number of rotatable bonds is 9. The average molecular weight is 538 g/mol. The Morgan fingerprint density at radius 1 is 1.10 bits per heavy atom. The molecule has 1 fully saturated rings. The van der Waals surface area contributed by atoms with Crippen LogP contribution in [0.15, 0.2) is 47.5 Å². The molecular formula is C23H31IN4O3. The Morgan fingerprint density at radius 2 is 1.81 bits per heavy atom. The number of nitrogens with two attached hydrogens (primary N) is 1. The number of hydrogen-bond acceptors (Lipinski definition) is 4. The number of carbonyl (C=O) groups excluding carboxylic acids is 1. The van der Waals surface area contributed by atoms with Gasteiger partial charge in [0.05, 0.1) is 25.4 Å². The molecule has 3 N–H and O–H groups in total. The van der Waals surface area contributed by atoms with Crippen molar-refractivity contribution in [3.05, 3.63) is 53.6 Å². The molecule has 0 atom stereocenters. The summed E-state index contributed by atoms with van der Waals surface area (Å²) in [7, 11) is 0. The topological polar surface area (TPSA) is 89.2 Å². The van der Waals surface area contributed by atoms with Crippen LogP contribution in [0.3, 0.4) is 0 Å². The van der Waals surface area contributed by atoms with Gasteiger partial charge in [-0.2, -0.15) is 0 Å². The lowest BCUT2D eigenvalue weighted by atomic mass is 10.1. The van der Waals surface area contributed by atoms with Crippen molar-refractivity contribution in [2.75, 3.05) is 25.1 Å². The standard InChI is InChI=1S/C23H30N4O3.HI/c1-3-29-19-11-12-21(30-4-2)20(14-19)26-23(24)25-15-17-7-9-18(10-8-17)16-27-13-5-6-22(27)28;/h7-12,14H,3-6,13,15-16H2,1-2H3,(H3,24,25,26);1H. The minimum absolute atomic E-state index is 0. The molecule has 0 radical (unpaired) electrons. The Balaban J connectivity index is 0.00000341. The van der Waals surface area contributed by atoms with Crippen LogP contribution in [0.1, 0.15) is 37.8 Å². The molecule has 31 heavy (non-hydrogen) atoms. The van der Waals surface area contributed by atoms with Gasteiger partial charge in [-0.1, -0.05) is 24.3 Å². The second-order valence-corrected chi connectivity index (χ2v) is 7.09. The van der Waals surface area contributed by atoms with E-state index in [1.54, 1.807) is 0 Å². The van der Waals surface area contributed by atoms with Crippen LogP contribution in [-0.2, 0) is 17.9 Å². The zero-order valence-electron chi connectivity index (χ0n) is 18.1. The fourth-order valence-electron chi connectivity index (χ4n) is 3.34. The Hall–Kier alpha value is -2.49. The van der Waals surface area contributed by atoms with Crippen molar-refractivity contribution in [1.29, 1.82) is 0 Å². The first-order valence-electron chi connectivity index (χ1n) is 10.4. The summed E-state index contributed by atoms with van der Waals surface area (Å²) in [4.78, 5) is 18.1. The molecular weight excluding hydrogens is 507 g/mol. The number of aliphatic imine (C=N–C) groups is 1. The van der Waals surface area contributed by atoms with E-state index in [-0.39, 0.29) is 29.9 Å². The molecule has 2 aromatic rings. The number of halogens is 1. The van der Waals surface area contributed by atoms with Gasteiger partial charge in [-0.05, 0) is 43.5 Å². The predicted octanol–water partition coefficient (Wildman–Crippen LogP) is 4.15. The number of nitrogens with one attached hydrogen (secondary N) is 1. The van der Waals surface area contributed by atoms with Crippen molar-refractivity contribution in [3.63, 3.8) is 0 Å². The number of ether oxygens (including phenoxy) is 2. The molecule has 7 nitrogen and oxygen atoms in total. The Morgan fingerprint density at radius 3 is 2.45 bits per heavy atom. The van der Waals surface area contributed by atoms with E-state index >= 15 is 0 Å². The lowest BCUT2D eigenvalue weighted by molar-refractivity contribution is -0.128. The SMILES string of the molecule is CCOc1ccc(OCC)c(NC(N)=NCc2ccc(CN3CCCC3=O)cc2)c1.I. The molecule has 0 unspecified atom stereocenters.